The van der Waals surface area contributed by atoms with Gasteiger partial charge in [0, 0.05) is 20.6 Å². The van der Waals surface area contributed by atoms with Crippen LogP contribution in [0, 0.1) is 0 Å². The van der Waals surface area contributed by atoms with Crippen molar-refractivity contribution in [2.45, 2.75) is 0 Å². The first-order valence-corrected chi connectivity index (χ1v) is 7.49. The Morgan fingerprint density at radius 1 is 0.955 bits per heavy atom. The average Bonchev–Trinajstić information content (AvgIpc) is 2.84. The van der Waals surface area contributed by atoms with Gasteiger partial charge in [0.15, 0.2) is 0 Å². The summed E-state index contributed by atoms with van der Waals surface area (Å²) in [5.74, 6) is 0.203. The molecular weight excluding hydrogens is 343 g/mol. The monoisotopic (exact) mass is 350 g/mol. The van der Waals surface area contributed by atoms with Gasteiger partial charge in [0.25, 0.3) is 5.91 Å². The molecule has 1 aliphatic heterocycles. The van der Waals surface area contributed by atoms with E-state index in [1.54, 1.807) is 48.5 Å². The molecule has 0 saturated heterocycles. The molecule has 1 amide bonds. The summed E-state index contributed by atoms with van der Waals surface area (Å²) in [6.07, 6.45) is 1.62. The molecule has 1 aliphatic rings. The Balaban J connectivity index is 1.95. The van der Waals surface area contributed by atoms with Crippen molar-refractivity contribution in [2.24, 2.45) is 4.99 Å². The van der Waals surface area contributed by atoms with Crippen molar-refractivity contribution in [1.29, 1.82) is 0 Å². The largest absolute Gasteiger partial charge is 0.305 e. The number of nitrogens with zero attached hydrogens (tertiary/aromatic N) is 1. The van der Waals surface area contributed by atoms with Gasteiger partial charge in [-0.25, -0.2) is 4.99 Å². The van der Waals surface area contributed by atoms with Gasteiger partial charge in [-0.3, -0.25) is 4.79 Å². The molecule has 0 atom stereocenters. The fourth-order valence-electron chi connectivity index (χ4n) is 1.98. The van der Waals surface area contributed by atoms with Crippen LogP contribution in [0.5, 0.6) is 0 Å². The number of benzene rings is 2. The Morgan fingerprint density at radius 3 is 2.32 bits per heavy atom. The van der Waals surface area contributed by atoms with Crippen LogP contribution >= 0.6 is 34.8 Å². The number of hydrogen-bond donors (Lipinski definition) is 1. The second-order valence-electron chi connectivity index (χ2n) is 4.62. The number of rotatable bonds is 2. The molecule has 6 heteroatoms. The van der Waals surface area contributed by atoms with Crippen LogP contribution in [-0.2, 0) is 4.79 Å². The lowest BCUT2D eigenvalue weighted by atomic mass is 10.2. The molecule has 0 aromatic heterocycles. The molecule has 2 aromatic carbocycles. The van der Waals surface area contributed by atoms with Crippen molar-refractivity contribution in [3.63, 3.8) is 0 Å². The maximum absolute atomic E-state index is 12.0. The van der Waals surface area contributed by atoms with Crippen molar-refractivity contribution in [1.82, 2.24) is 5.32 Å². The number of carbonyl (C=O) groups excluding carboxylic acids is 1. The zero-order valence-corrected chi connectivity index (χ0v) is 13.4. The molecule has 3 nitrogen and oxygen atoms in total. The summed E-state index contributed by atoms with van der Waals surface area (Å²) in [6, 6.07) is 12.1. The molecule has 2 aromatic rings. The Kier molecular flexibility index (Phi) is 4.21. The predicted octanol–water partition coefficient (Wildman–Crippen LogP) is 4.56. The third-order valence-electron chi connectivity index (χ3n) is 3.07. The van der Waals surface area contributed by atoms with Crippen LogP contribution in [-0.4, -0.2) is 11.7 Å². The number of hydrogen-bond acceptors (Lipinski definition) is 2. The Hall–Kier alpha value is -1.81. The van der Waals surface area contributed by atoms with Crippen LogP contribution in [0.15, 0.2) is 53.2 Å². The quantitative estimate of drug-likeness (QED) is 0.792. The predicted molar refractivity (Wildman–Crippen MR) is 90.6 cm³/mol. The zero-order valence-electron chi connectivity index (χ0n) is 11.1. The number of halogens is 3. The van der Waals surface area contributed by atoms with Crippen molar-refractivity contribution in [3.8, 4) is 0 Å². The Labute approximate surface area is 142 Å². The van der Waals surface area contributed by atoms with E-state index in [4.69, 9.17) is 34.8 Å². The summed E-state index contributed by atoms with van der Waals surface area (Å²) >= 11 is 17.8. The maximum Gasteiger partial charge on any atom is 0.275 e. The molecular formula is C16H9Cl3N2O. The van der Waals surface area contributed by atoms with E-state index in [0.29, 0.717) is 26.5 Å². The summed E-state index contributed by atoms with van der Waals surface area (Å²) < 4.78 is 0. The molecule has 0 bridgehead atoms. The highest BCUT2D eigenvalue weighted by atomic mass is 35.5. The van der Waals surface area contributed by atoms with Gasteiger partial charge in [0.2, 0.25) is 0 Å². The van der Waals surface area contributed by atoms with Gasteiger partial charge < -0.3 is 5.32 Å². The van der Waals surface area contributed by atoms with Gasteiger partial charge in [0.05, 0.1) is 0 Å². The molecule has 0 radical (unpaired) electrons. The first-order chi connectivity index (χ1) is 10.5. The van der Waals surface area contributed by atoms with Crippen molar-refractivity contribution >= 4 is 52.6 Å². The Bertz CT molecular complexity index is 811. The first-order valence-electron chi connectivity index (χ1n) is 6.36. The molecule has 110 valence electrons. The smallest absolute Gasteiger partial charge is 0.275 e. The van der Waals surface area contributed by atoms with E-state index in [0.717, 1.165) is 5.56 Å². The molecule has 1 heterocycles. The van der Waals surface area contributed by atoms with Crippen LogP contribution in [0.4, 0.5) is 0 Å². The fraction of sp³-hybridized carbons (Fsp3) is 0. The van der Waals surface area contributed by atoms with Crippen LogP contribution in [0.3, 0.4) is 0 Å². The third-order valence-corrected chi connectivity index (χ3v) is 3.88. The minimum atomic E-state index is -0.282. The van der Waals surface area contributed by atoms with Crippen molar-refractivity contribution in [3.05, 3.63) is 74.4 Å². The van der Waals surface area contributed by atoms with Gasteiger partial charge >= 0.3 is 0 Å². The molecule has 0 spiro atoms. The molecule has 3 rings (SSSR count). The number of carbonyl (C=O) groups is 1. The van der Waals surface area contributed by atoms with Crippen LogP contribution in [0.1, 0.15) is 11.1 Å². The van der Waals surface area contributed by atoms with E-state index in [1.807, 2.05) is 0 Å². The highest BCUT2D eigenvalue weighted by Crippen LogP contribution is 2.24. The second-order valence-corrected chi connectivity index (χ2v) is 5.90. The van der Waals surface area contributed by atoms with E-state index in [-0.39, 0.29) is 11.6 Å². The van der Waals surface area contributed by atoms with Crippen molar-refractivity contribution < 1.29 is 4.79 Å². The summed E-state index contributed by atoms with van der Waals surface area (Å²) in [4.78, 5) is 16.3. The van der Waals surface area contributed by atoms with Gasteiger partial charge in [-0.1, -0.05) is 40.9 Å². The molecule has 0 fully saturated rings. The van der Waals surface area contributed by atoms with Crippen LogP contribution in [0.25, 0.3) is 6.08 Å². The third kappa shape index (κ3) is 3.17. The maximum atomic E-state index is 12.0. The molecule has 0 saturated carbocycles. The normalized spacial score (nSPS) is 15.9. The number of aliphatic imine (C=N–C) groups is 1. The van der Waals surface area contributed by atoms with Gasteiger partial charge in [-0.15, -0.1) is 0 Å². The summed E-state index contributed by atoms with van der Waals surface area (Å²) in [5.41, 5.74) is 1.75. The summed E-state index contributed by atoms with van der Waals surface area (Å²) in [7, 11) is 0. The highest BCUT2D eigenvalue weighted by molar-refractivity contribution is 6.35. The average molecular weight is 352 g/mol. The highest BCUT2D eigenvalue weighted by Gasteiger charge is 2.21. The fourth-order valence-corrected chi connectivity index (χ4v) is 2.57. The lowest BCUT2D eigenvalue weighted by Gasteiger charge is -1.99. The molecule has 0 unspecified atom stereocenters. The molecule has 0 aliphatic carbocycles. The van der Waals surface area contributed by atoms with E-state index in [2.05, 4.69) is 10.3 Å². The number of nitrogens with one attached hydrogen (secondary N) is 1. The number of amidine groups is 1. The SMILES string of the molecule is O=C1NC(c2ccc(Cl)cc2)=N/C1=C\c1ccc(Cl)cc1Cl. The topological polar surface area (TPSA) is 41.5 Å². The van der Waals surface area contributed by atoms with Crippen molar-refractivity contribution in [2.75, 3.05) is 0 Å². The summed E-state index contributed by atoms with van der Waals surface area (Å²) in [6.45, 7) is 0. The van der Waals surface area contributed by atoms with E-state index < -0.39 is 0 Å². The van der Waals surface area contributed by atoms with Crippen LogP contribution in [0.2, 0.25) is 15.1 Å². The molecule has 22 heavy (non-hydrogen) atoms. The summed E-state index contributed by atoms with van der Waals surface area (Å²) in [5, 5.41) is 4.34. The van der Waals surface area contributed by atoms with Gasteiger partial charge in [-0.2, -0.15) is 0 Å². The van der Waals surface area contributed by atoms with Crippen LogP contribution < -0.4 is 5.32 Å². The van der Waals surface area contributed by atoms with Gasteiger partial charge in [0.1, 0.15) is 11.5 Å². The lowest BCUT2D eigenvalue weighted by molar-refractivity contribution is -0.115. The second kappa shape index (κ2) is 6.13. The molecule has 1 N–H and O–H groups in total. The standard InChI is InChI=1S/C16H9Cl3N2O/c17-11-4-1-9(2-5-11)15-20-14(16(22)21-15)7-10-3-6-12(18)8-13(10)19/h1-8H,(H,20,21,22)/b14-7-. The minimum Gasteiger partial charge on any atom is -0.305 e. The van der Waals surface area contributed by atoms with E-state index >= 15 is 0 Å². The van der Waals surface area contributed by atoms with E-state index in [9.17, 15) is 4.79 Å². The Morgan fingerprint density at radius 2 is 1.64 bits per heavy atom. The minimum absolute atomic E-state index is 0.282. The van der Waals surface area contributed by atoms with Gasteiger partial charge in [-0.05, 0) is 48.0 Å². The first kappa shape index (κ1) is 15.1. The number of amides is 1. The van der Waals surface area contributed by atoms with E-state index in [1.165, 1.54) is 0 Å². The zero-order chi connectivity index (χ0) is 15.7. The lowest BCUT2D eigenvalue weighted by Crippen LogP contribution is -2.24.